The van der Waals surface area contributed by atoms with Crippen LogP contribution in [0.2, 0.25) is 0 Å². The molecule has 1 aromatic heterocycles. The Morgan fingerprint density at radius 1 is 1.71 bits per heavy atom. The van der Waals surface area contributed by atoms with Crippen LogP contribution in [0.3, 0.4) is 0 Å². The predicted octanol–water partition coefficient (Wildman–Crippen LogP) is 0.345. The van der Waals surface area contributed by atoms with Crippen LogP contribution in [-0.4, -0.2) is 4.98 Å². The second-order valence-corrected chi connectivity index (χ2v) is 1.16. The van der Waals surface area contributed by atoms with Crippen molar-refractivity contribution in [1.29, 1.82) is 0 Å². The maximum Gasteiger partial charge on any atom is 0 e. The quantitative estimate of drug-likeness (QED) is 0.543. The van der Waals surface area contributed by atoms with Crippen molar-refractivity contribution < 1.29 is 19.5 Å². The molecule has 0 saturated carbocycles. The molecule has 3 heteroatoms. The van der Waals surface area contributed by atoms with E-state index < -0.39 is 0 Å². The van der Waals surface area contributed by atoms with Gasteiger partial charge in [-0.2, -0.15) is 0 Å². The number of imidazole rings is 1. The first-order chi connectivity index (χ1) is 2.89. The standard InChI is InChI=1S/C4H5N2.Rh/c1-4-2-5-3-6-4;/h2-3H,1H3;/q-1;. The van der Waals surface area contributed by atoms with Crippen LogP contribution in [0.5, 0.6) is 0 Å². The monoisotopic (exact) mass is 184 g/mol. The van der Waals surface area contributed by atoms with E-state index in [4.69, 9.17) is 0 Å². The summed E-state index contributed by atoms with van der Waals surface area (Å²) in [6.45, 7) is 1.91. The van der Waals surface area contributed by atoms with Crippen molar-refractivity contribution in [2.75, 3.05) is 0 Å². The van der Waals surface area contributed by atoms with Crippen LogP contribution in [0.4, 0.5) is 0 Å². The van der Waals surface area contributed by atoms with Crippen molar-refractivity contribution in [1.82, 2.24) is 9.97 Å². The maximum atomic E-state index is 3.81. The fourth-order valence-corrected chi connectivity index (χ4v) is 0.299. The fourth-order valence-electron chi connectivity index (χ4n) is 0.299. The van der Waals surface area contributed by atoms with E-state index in [9.17, 15) is 0 Å². The van der Waals surface area contributed by atoms with Crippen LogP contribution >= 0.6 is 0 Å². The zero-order valence-electron chi connectivity index (χ0n) is 3.88. The molecule has 1 radical (unpaired) electrons. The summed E-state index contributed by atoms with van der Waals surface area (Å²) in [5.74, 6) is 0. The van der Waals surface area contributed by atoms with Crippen LogP contribution in [0.15, 0.2) is 12.5 Å². The first-order valence-corrected chi connectivity index (χ1v) is 1.79. The molecule has 0 unspecified atom stereocenters. The van der Waals surface area contributed by atoms with Gasteiger partial charge in [-0.15, -0.1) is 0 Å². The largest absolute Gasteiger partial charge is 0.450 e. The zero-order valence-corrected chi connectivity index (χ0v) is 5.52. The van der Waals surface area contributed by atoms with E-state index in [0.29, 0.717) is 0 Å². The van der Waals surface area contributed by atoms with Gasteiger partial charge in [0.2, 0.25) is 0 Å². The summed E-state index contributed by atoms with van der Waals surface area (Å²) in [4.78, 5) is 7.52. The van der Waals surface area contributed by atoms with Gasteiger partial charge in [-0.3, -0.25) is 0 Å². The van der Waals surface area contributed by atoms with E-state index in [2.05, 4.69) is 9.97 Å². The molecule has 0 aromatic carbocycles. The average molecular weight is 184 g/mol. The normalized spacial score (nSPS) is 7.57. The minimum Gasteiger partial charge on any atom is -0.450 e. The molecule has 0 fully saturated rings. The average Bonchev–Trinajstić information content (AvgIpc) is 1.86. The minimum absolute atomic E-state index is 0. The van der Waals surface area contributed by atoms with Crippen molar-refractivity contribution in [3.63, 3.8) is 0 Å². The van der Waals surface area contributed by atoms with Crippen molar-refractivity contribution in [3.05, 3.63) is 18.2 Å². The molecule has 1 heterocycles. The molecular formula is C4H5N2Rh-. The van der Waals surface area contributed by atoms with Crippen molar-refractivity contribution >= 4 is 0 Å². The summed E-state index contributed by atoms with van der Waals surface area (Å²) in [7, 11) is 0. The van der Waals surface area contributed by atoms with Gasteiger partial charge in [-0.05, 0) is 6.92 Å². The Morgan fingerprint density at radius 3 is 2.57 bits per heavy atom. The summed E-state index contributed by atoms with van der Waals surface area (Å²) in [5, 5.41) is 0. The van der Waals surface area contributed by atoms with Gasteiger partial charge in [-0.1, -0.05) is 18.2 Å². The molecule has 0 bridgehead atoms. The fraction of sp³-hybridized carbons (Fsp3) is 0.250. The van der Waals surface area contributed by atoms with E-state index in [1.807, 2.05) is 6.92 Å². The Morgan fingerprint density at radius 2 is 2.43 bits per heavy atom. The van der Waals surface area contributed by atoms with Gasteiger partial charge in [0.1, 0.15) is 0 Å². The molecule has 7 heavy (non-hydrogen) atoms. The number of aromatic nitrogens is 2. The number of hydrogen-bond acceptors (Lipinski definition) is 1. The Balaban J connectivity index is 0.000000360. The SMILES string of the molecule is Cc1c[n-]cn1.[Rh]. The molecule has 0 amide bonds. The summed E-state index contributed by atoms with van der Waals surface area (Å²) >= 11 is 0. The topological polar surface area (TPSA) is 27.0 Å². The van der Waals surface area contributed by atoms with E-state index >= 15 is 0 Å². The molecule has 0 saturated heterocycles. The molecule has 0 N–H and O–H groups in total. The van der Waals surface area contributed by atoms with Crippen molar-refractivity contribution in [2.45, 2.75) is 6.92 Å². The smallest absolute Gasteiger partial charge is 0 e. The van der Waals surface area contributed by atoms with Gasteiger partial charge in [0.05, 0.1) is 0 Å². The van der Waals surface area contributed by atoms with E-state index in [-0.39, 0.29) is 19.5 Å². The maximum absolute atomic E-state index is 3.81. The van der Waals surface area contributed by atoms with Gasteiger partial charge < -0.3 is 9.97 Å². The minimum atomic E-state index is 0. The van der Waals surface area contributed by atoms with Crippen molar-refractivity contribution in [3.8, 4) is 0 Å². The van der Waals surface area contributed by atoms with Crippen LogP contribution < -0.4 is 4.98 Å². The molecule has 0 spiro atoms. The number of aryl methyl sites for hydroxylation is 1. The third kappa shape index (κ3) is 1.84. The van der Waals surface area contributed by atoms with Gasteiger partial charge in [0.25, 0.3) is 0 Å². The first kappa shape index (κ1) is 6.83. The number of rotatable bonds is 0. The summed E-state index contributed by atoms with van der Waals surface area (Å²) in [6, 6.07) is 0. The van der Waals surface area contributed by atoms with Gasteiger partial charge in [0.15, 0.2) is 0 Å². The van der Waals surface area contributed by atoms with Gasteiger partial charge in [0, 0.05) is 19.5 Å². The van der Waals surface area contributed by atoms with E-state index in [1.165, 1.54) is 6.33 Å². The third-order valence-corrected chi connectivity index (χ3v) is 0.589. The van der Waals surface area contributed by atoms with E-state index in [0.717, 1.165) is 5.69 Å². The van der Waals surface area contributed by atoms with Crippen LogP contribution in [-0.2, 0) is 19.5 Å². The van der Waals surface area contributed by atoms with Crippen LogP contribution in [0.25, 0.3) is 0 Å². The molecule has 41 valence electrons. The molecule has 1 rings (SSSR count). The van der Waals surface area contributed by atoms with Gasteiger partial charge >= 0.3 is 0 Å². The van der Waals surface area contributed by atoms with Gasteiger partial charge in [-0.25, -0.2) is 0 Å². The predicted molar refractivity (Wildman–Crippen MR) is 22.3 cm³/mol. The number of nitrogens with zero attached hydrogens (tertiary/aromatic N) is 2. The molecule has 0 aliphatic heterocycles. The molecular weight excluding hydrogens is 179 g/mol. The van der Waals surface area contributed by atoms with Crippen LogP contribution in [0, 0.1) is 6.92 Å². The summed E-state index contributed by atoms with van der Waals surface area (Å²) in [6.07, 6.45) is 3.26. The molecule has 0 aliphatic rings. The number of hydrogen-bond donors (Lipinski definition) is 0. The van der Waals surface area contributed by atoms with Crippen molar-refractivity contribution in [2.24, 2.45) is 0 Å². The molecule has 0 aliphatic carbocycles. The summed E-state index contributed by atoms with van der Waals surface area (Å²) < 4.78 is 0. The third-order valence-electron chi connectivity index (χ3n) is 0.589. The van der Waals surface area contributed by atoms with Crippen LogP contribution in [0.1, 0.15) is 5.69 Å². The second-order valence-electron chi connectivity index (χ2n) is 1.16. The second kappa shape index (κ2) is 2.92. The Kier molecular flexibility index (Phi) is 2.85. The Labute approximate surface area is 55.1 Å². The molecule has 1 aromatic rings. The zero-order chi connectivity index (χ0) is 4.41. The molecule has 0 atom stereocenters. The Bertz CT molecular complexity index is 113. The first-order valence-electron chi connectivity index (χ1n) is 1.79. The molecule has 2 nitrogen and oxygen atoms in total. The Hall–Kier alpha value is -0.167. The van der Waals surface area contributed by atoms with E-state index in [1.54, 1.807) is 6.20 Å². The summed E-state index contributed by atoms with van der Waals surface area (Å²) in [5.41, 5.74) is 0.981.